The third-order valence-corrected chi connectivity index (χ3v) is 5.31. The summed E-state index contributed by atoms with van der Waals surface area (Å²) in [6.45, 7) is 8.68. The lowest BCUT2D eigenvalue weighted by molar-refractivity contribution is 0.104. The van der Waals surface area contributed by atoms with Crippen molar-refractivity contribution >= 4 is 0 Å². The molecule has 1 aliphatic rings. The summed E-state index contributed by atoms with van der Waals surface area (Å²) in [4.78, 5) is 0. The standard InChI is InChI=1S/C23H29FO2/c1-22(2,3)14-15-6-8-17(18-13-16(26-5)7-9-20(18)24)19(12-15)21(25)23(4)10-11-23/h6-9,12-13,21,25H,10-11,14H2,1-5H3/t21-/m1/s1. The third-order valence-electron chi connectivity index (χ3n) is 5.31. The zero-order chi connectivity index (χ0) is 19.1. The molecule has 0 spiro atoms. The van der Waals surface area contributed by atoms with Crippen LogP contribution in [0.1, 0.15) is 57.8 Å². The lowest BCUT2D eigenvalue weighted by Crippen LogP contribution is -2.14. The summed E-state index contributed by atoms with van der Waals surface area (Å²) in [5, 5.41) is 11.0. The van der Waals surface area contributed by atoms with Crippen LogP contribution in [0.15, 0.2) is 36.4 Å². The van der Waals surface area contributed by atoms with Gasteiger partial charge in [0, 0.05) is 5.56 Å². The lowest BCUT2D eigenvalue weighted by Gasteiger charge is -2.24. The summed E-state index contributed by atoms with van der Waals surface area (Å²) in [7, 11) is 1.57. The quantitative estimate of drug-likeness (QED) is 0.720. The van der Waals surface area contributed by atoms with Gasteiger partial charge in [0.05, 0.1) is 13.2 Å². The molecule has 0 radical (unpaired) electrons. The largest absolute Gasteiger partial charge is 0.497 e. The highest BCUT2D eigenvalue weighted by atomic mass is 19.1. The molecule has 3 heteroatoms. The highest BCUT2D eigenvalue weighted by Gasteiger charge is 2.45. The van der Waals surface area contributed by atoms with E-state index in [1.165, 1.54) is 11.6 Å². The fourth-order valence-electron chi connectivity index (χ4n) is 3.49. The molecule has 0 unspecified atom stereocenters. The zero-order valence-electron chi connectivity index (χ0n) is 16.4. The fraction of sp³-hybridized carbons (Fsp3) is 0.478. The minimum Gasteiger partial charge on any atom is -0.497 e. The van der Waals surface area contributed by atoms with Gasteiger partial charge in [0.25, 0.3) is 0 Å². The van der Waals surface area contributed by atoms with Gasteiger partial charge in [-0.2, -0.15) is 0 Å². The molecule has 2 nitrogen and oxygen atoms in total. The molecular formula is C23H29FO2. The van der Waals surface area contributed by atoms with Gasteiger partial charge in [-0.15, -0.1) is 0 Å². The summed E-state index contributed by atoms with van der Waals surface area (Å²) in [5.41, 5.74) is 3.25. The molecule has 26 heavy (non-hydrogen) atoms. The summed E-state index contributed by atoms with van der Waals surface area (Å²) >= 11 is 0. The van der Waals surface area contributed by atoms with Gasteiger partial charge in [0.2, 0.25) is 0 Å². The highest BCUT2D eigenvalue weighted by Crippen LogP contribution is 2.55. The van der Waals surface area contributed by atoms with Gasteiger partial charge in [0.15, 0.2) is 0 Å². The first-order valence-electron chi connectivity index (χ1n) is 9.28. The summed E-state index contributed by atoms with van der Waals surface area (Å²) in [6.07, 6.45) is 2.31. The molecule has 1 N–H and O–H groups in total. The number of ether oxygens (including phenoxy) is 1. The molecular weight excluding hydrogens is 327 g/mol. The van der Waals surface area contributed by atoms with Crippen LogP contribution >= 0.6 is 0 Å². The van der Waals surface area contributed by atoms with Gasteiger partial charge in [-0.1, -0.05) is 45.9 Å². The molecule has 140 valence electrons. The Balaban J connectivity index is 2.12. The average Bonchev–Trinajstić information content (AvgIpc) is 3.32. The molecule has 1 fully saturated rings. The minimum absolute atomic E-state index is 0.107. The van der Waals surface area contributed by atoms with Crippen LogP contribution in [0.25, 0.3) is 11.1 Å². The maximum absolute atomic E-state index is 14.6. The Morgan fingerprint density at radius 2 is 1.81 bits per heavy atom. The second-order valence-electron chi connectivity index (χ2n) is 9.06. The number of aliphatic hydroxyl groups excluding tert-OH is 1. The van der Waals surface area contributed by atoms with Gasteiger partial charge in [-0.3, -0.25) is 0 Å². The normalized spacial score (nSPS) is 17.0. The predicted octanol–water partition coefficient (Wildman–Crippen LogP) is 5.92. The van der Waals surface area contributed by atoms with Crippen LogP contribution in [0, 0.1) is 16.6 Å². The van der Waals surface area contributed by atoms with Crippen molar-refractivity contribution in [2.75, 3.05) is 7.11 Å². The van der Waals surface area contributed by atoms with E-state index in [1.807, 2.05) is 12.1 Å². The molecule has 0 saturated heterocycles. The molecule has 2 aromatic rings. The van der Waals surface area contributed by atoms with Crippen molar-refractivity contribution in [3.63, 3.8) is 0 Å². The van der Waals surface area contributed by atoms with Gasteiger partial charge in [0.1, 0.15) is 11.6 Å². The van der Waals surface area contributed by atoms with E-state index >= 15 is 0 Å². The van der Waals surface area contributed by atoms with Crippen molar-refractivity contribution in [2.24, 2.45) is 10.8 Å². The van der Waals surface area contributed by atoms with Crippen LogP contribution in [-0.2, 0) is 6.42 Å². The number of rotatable bonds is 5. The SMILES string of the molecule is COc1ccc(F)c(-c2ccc(CC(C)(C)C)cc2[C@@H](O)C2(C)CC2)c1. The molecule has 1 aliphatic carbocycles. The lowest BCUT2D eigenvalue weighted by atomic mass is 9.83. The topological polar surface area (TPSA) is 29.5 Å². The van der Waals surface area contributed by atoms with Gasteiger partial charge in [-0.05, 0) is 65.0 Å². The van der Waals surface area contributed by atoms with Crippen LogP contribution in [-0.4, -0.2) is 12.2 Å². The molecule has 0 amide bonds. The van der Waals surface area contributed by atoms with Crippen molar-refractivity contribution in [3.05, 3.63) is 53.3 Å². The molecule has 0 aromatic heterocycles. The second kappa shape index (κ2) is 6.70. The molecule has 0 bridgehead atoms. The van der Waals surface area contributed by atoms with Gasteiger partial charge < -0.3 is 9.84 Å². The second-order valence-corrected chi connectivity index (χ2v) is 9.06. The summed E-state index contributed by atoms with van der Waals surface area (Å²) < 4.78 is 19.9. The molecule has 3 rings (SSSR count). The van der Waals surface area contributed by atoms with E-state index in [0.717, 1.165) is 30.4 Å². The predicted molar refractivity (Wildman–Crippen MR) is 104 cm³/mol. The van der Waals surface area contributed by atoms with Crippen LogP contribution in [0.5, 0.6) is 5.75 Å². The van der Waals surface area contributed by atoms with Crippen molar-refractivity contribution in [1.82, 2.24) is 0 Å². The molecule has 1 saturated carbocycles. The van der Waals surface area contributed by atoms with E-state index in [-0.39, 0.29) is 16.6 Å². The molecule has 0 aliphatic heterocycles. The number of hydrogen-bond donors (Lipinski definition) is 1. The molecule has 0 heterocycles. The monoisotopic (exact) mass is 356 g/mol. The number of aliphatic hydroxyl groups is 1. The fourth-order valence-corrected chi connectivity index (χ4v) is 3.49. The Bertz CT molecular complexity index is 800. The van der Waals surface area contributed by atoms with Crippen LogP contribution in [0.3, 0.4) is 0 Å². The Morgan fingerprint density at radius 3 is 2.38 bits per heavy atom. The zero-order valence-corrected chi connectivity index (χ0v) is 16.4. The Hall–Kier alpha value is -1.87. The van der Waals surface area contributed by atoms with E-state index in [0.29, 0.717) is 11.3 Å². The van der Waals surface area contributed by atoms with Gasteiger partial charge >= 0.3 is 0 Å². The Labute approximate surface area is 156 Å². The minimum atomic E-state index is -0.594. The molecule has 1 atom stereocenters. The van der Waals surface area contributed by atoms with Crippen LogP contribution in [0.4, 0.5) is 4.39 Å². The average molecular weight is 356 g/mol. The van der Waals surface area contributed by atoms with Crippen molar-refractivity contribution in [2.45, 2.75) is 53.1 Å². The van der Waals surface area contributed by atoms with Crippen LogP contribution < -0.4 is 4.74 Å². The summed E-state index contributed by atoms with van der Waals surface area (Å²) in [6, 6.07) is 10.8. The van der Waals surface area contributed by atoms with Crippen LogP contribution in [0.2, 0.25) is 0 Å². The summed E-state index contributed by atoms with van der Waals surface area (Å²) in [5.74, 6) is 0.307. The molecule has 2 aromatic carbocycles. The van der Waals surface area contributed by atoms with Crippen molar-refractivity contribution in [1.29, 1.82) is 0 Å². The van der Waals surface area contributed by atoms with E-state index in [2.05, 4.69) is 33.8 Å². The first-order valence-corrected chi connectivity index (χ1v) is 9.28. The number of hydrogen-bond acceptors (Lipinski definition) is 2. The van der Waals surface area contributed by atoms with Gasteiger partial charge in [-0.25, -0.2) is 4.39 Å². The van der Waals surface area contributed by atoms with E-state index < -0.39 is 6.10 Å². The highest BCUT2D eigenvalue weighted by molar-refractivity contribution is 5.70. The van der Waals surface area contributed by atoms with Crippen molar-refractivity contribution in [3.8, 4) is 16.9 Å². The van der Waals surface area contributed by atoms with E-state index in [9.17, 15) is 9.50 Å². The van der Waals surface area contributed by atoms with E-state index in [1.54, 1.807) is 19.2 Å². The Morgan fingerprint density at radius 1 is 1.12 bits per heavy atom. The first kappa shape index (κ1) is 18.9. The number of methoxy groups -OCH3 is 1. The van der Waals surface area contributed by atoms with Crippen molar-refractivity contribution < 1.29 is 14.2 Å². The maximum Gasteiger partial charge on any atom is 0.131 e. The smallest absolute Gasteiger partial charge is 0.131 e. The Kier molecular flexibility index (Phi) is 4.87. The number of halogens is 1. The maximum atomic E-state index is 14.6. The van der Waals surface area contributed by atoms with E-state index in [4.69, 9.17) is 4.74 Å². The third kappa shape index (κ3) is 3.93. The number of benzene rings is 2. The first-order chi connectivity index (χ1) is 12.1.